The van der Waals surface area contributed by atoms with Gasteiger partial charge in [0, 0.05) is 68.8 Å². The zero-order valence-corrected chi connectivity index (χ0v) is 38.1. The normalized spacial score (nSPS) is 15.1. The van der Waals surface area contributed by atoms with Gasteiger partial charge in [-0.1, -0.05) is 121 Å². The molecule has 66 heavy (non-hydrogen) atoms. The Hall–Kier alpha value is -6.55. The van der Waals surface area contributed by atoms with Gasteiger partial charge in [0.1, 0.15) is 24.8 Å². The van der Waals surface area contributed by atoms with E-state index in [1.54, 1.807) is 0 Å². The number of unbranched alkanes of at least 4 members (excludes halogenated alkanes) is 2. The molecule has 0 aliphatic carbocycles. The van der Waals surface area contributed by atoms with Crippen molar-refractivity contribution in [3.63, 3.8) is 0 Å². The van der Waals surface area contributed by atoms with Gasteiger partial charge in [-0.2, -0.15) is 0 Å². The highest BCUT2D eigenvalue weighted by atomic mass is 32.2. The van der Waals surface area contributed by atoms with Crippen LogP contribution in [0.5, 0.6) is 0 Å². The minimum Gasteiger partial charge on any atom is -0.480 e. The zero-order valence-electron chi connectivity index (χ0n) is 45.3. The summed E-state index contributed by atoms with van der Waals surface area (Å²) in [4.78, 5) is 44.0. The summed E-state index contributed by atoms with van der Waals surface area (Å²) in [5.74, 6) is -1.29. The molecule has 2 atom stereocenters. The molecule has 6 aromatic rings. The number of benzene rings is 4. The number of carboxylic acids is 1. The van der Waals surface area contributed by atoms with Crippen molar-refractivity contribution in [3.05, 3.63) is 134 Å². The number of nitrogens with zero attached hydrogens (tertiary/aromatic N) is 6. The van der Waals surface area contributed by atoms with Crippen LogP contribution in [0.2, 0.25) is 0 Å². The van der Waals surface area contributed by atoms with E-state index in [0.29, 0.717) is 48.5 Å². The van der Waals surface area contributed by atoms with Crippen molar-refractivity contribution in [2.75, 3.05) is 55.6 Å². The van der Waals surface area contributed by atoms with Gasteiger partial charge in [0.15, 0.2) is 0 Å². The monoisotopic (exact) mass is 923 g/mol. The van der Waals surface area contributed by atoms with Crippen LogP contribution < -0.4 is 14.5 Å². The average Bonchev–Trinajstić information content (AvgIpc) is 3.35. The third-order valence-electron chi connectivity index (χ3n) is 9.67. The Morgan fingerprint density at radius 3 is 1.33 bits per heavy atom. The van der Waals surface area contributed by atoms with Gasteiger partial charge < -0.3 is 24.4 Å². The lowest BCUT2D eigenvalue weighted by molar-refractivity contribution is -0.142. The van der Waals surface area contributed by atoms with Gasteiger partial charge in [0.2, 0.25) is 10.0 Å². The molecule has 4 aromatic carbocycles. The van der Waals surface area contributed by atoms with Gasteiger partial charge in [-0.15, -0.1) is 0 Å². The lowest BCUT2D eigenvalue weighted by atomic mass is 10.0. The molecule has 15 heteroatoms. The Labute approximate surface area is 400 Å². The number of carboxylic acid groups (broad SMARTS) is 1. The van der Waals surface area contributed by atoms with Crippen LogP contribution in [0, 0.1) is 0 Å². The number of amides is 1. The number of aliphatic carboxylic acids is 1. The molecule has 6 rings (SSSR count). The van der Waals surface area contributed by atoms with Crippen molar-refractivity contribution in [1.82, 2.24) is 24.7 Å². The fraction of sp³-hybridized carbons (Fsp3) is 0.333. The third-order valence-corrected chi connectivity index (χ3v) is 10.3. The van der Waals surface area contributed by atoms with Crippen molar-refractivity contribution in [3.8, 4) is 45.0 Å². The van der Waals surface area contributed by atoms with Crippen LogP contribution in [-0.2, 0) is 29.1 Å². The van der Waals surface area contributed by atoms with Crippen LogP contribution in [-0.4, -0.2) is 103 Å². The number of rotatable bonds is 23. The maximum absolute atomic E-state index is 11.6. The lowest BCUT2D eigenvalue weighted by Gasteiger charge is -2.28. The predicted octanol–water partition coefficient (Wildman–Crippen LogP) is 8.80. The number of carbonyl (C=O) groups is 2. The van der Waals surface area contributed by atoms with Crippen LogP contribution in [0.1, 0.15) is 64.2 Å². The van der Waals surface area contributed by atoms with E-state index in [-0.39, 0.29) is 44.5 Å². The Kier molecular flexibility index (Phi) is 15.6. The van der Waals surface area contributed by atoms with Crippen molar-refractivity contribution >= 4 is 33.5 Å². The molecular formula is C51H61N7O7S. The van der Waals surface area contributed by atoms with E-state index in [2.05, 4.69) is 9.97 Å². The molecule has 0 saturated heterocycles. The third kappa shape index (κ3) is 16.2. The van der Waals surface area contributed by atoms with Crippen molar-refractivity contribution < 1.29 is 43.6 Å². The molecule has 0 radical (unpaired) electrons. The van der Waals surface area contributed by atoms with Gasteiger partial charge in [-0.05, 0) is 53.2 Å². The fourth-order valence-corrected chi connectivity index (χ4v) is 7.12. The van der Waals surface area contributed by atoms with Gasteiger partial charge in [0.25, 0.3) is 5.91 Å². The number of anilines is 2. The SMILES string of the molecule is [2H]C([2H])([2H])C([2H])(C)N(CCCCOCC(=O)NS(C)(=O)=O)c1cnc(-c2ccccc2)c(-c2ccccc2)n1.[2H]C([2H])([2H])C([2H])(C)N(CCCCOCC(=O)O)c1cnc(-c2ccccc2)c(-c2ccccc2)n1. The maximum Gasteiger partial charge on any atom is 0.329 e. The first kappa shape index (κ1) is 39.8. The second-order valence-electron chi connectivity index (χ2n) is 15.0. The molecule has 0 fully saturated rings. The summed E-state index contributed by atoms with van der Waals surface area (Å²) in [6.45, 7) is -2.68. The molecule has 0 aliphatic heterocycles. The Morgan fingerprint density at radius 1 is 0.621 bits per heavy atom. The Balaban J connectivity index is 0.000000276. The zero-order chi connectivity index (χ0) is 54.2. The number of carbonyl (C=O) groups excluding carboxylic acids is 1. The van der Waals surface area contributed by atoms with Gasteiger partial charge in [0.05, 0.1) is 44.2 Å². The average molecular weight is 924 g/mol. The molecule has 1 amide bonds. The molecule has 0 bridgehead atoms. The first-order valence-corrected chi connectivity index (χ1v) is 23.2. The maximum atomic E-state index is 11.6. The molecule has 0 saturated carbocycles. The number of hydrogen-bond donors (Lipinski definition) is 2. The van der Waals surface area contributed by atoms with Gasteiger partial charge in [-0.3, -0.25) is 19.5 Å². The van der Waals surface area contributed by atoms with Gasteiger partial charge in [-0.25, -0.2) is 23.2 Å². The summed E-state index contributed by atoms with van der Waals surface area (Å²) in [7, 11) is -3.66. The second kappa shape index (κ2) is 25.8. The summed E-state index contributed by atoms with van der Waals surface area (Å²) < 4.78 is 99.8. The molecule has 2 N–H and O–H groups in total. The summed E-state index contributed by atoms with van der Waals surface area (Å²) in [5.41, 5.74) is 5.78. The number of ether oxygens (including phenoxy) is 2. The van der Waals surface area contributed by atoms with Crippen LogP contribution >= 0.6 is 0 Å². The van der Waals surface area contributed by atoms with E-state index < -0.39 is 54.2 Å². The van der Waals surface area contributed by atoms with Crippen LogP contribution in [0.15, 0.2) is 134 Å². The molecule has 0 spiro atoms. The number of nitrogens with one attached hydrogen (secondary N) is 1. The van der Waals surface area contributed by atoms with E-state index in [1.165, 1.54) is 36.0 Å². The quantitative estimate of drug-likeness (QED) is 0.0584. The molecule has 0 aliphatic rings. The van der Waals surface area contributed by atoms with E-state index in [4.69, 9.17) is 35.5 Å². The molecular weight excluding hydrogens is 855 g/mol. The first-order valence-electron chi connectivity index (χ1n) is 25.3. The summed E-state index contributed by atoms with van der Waals surface area (Å²) in [6, 6.07) is 34.1. The number of aromatic nitrogens is 4. The van der Waals surface area contributed by atoms with Crippen molar-refractivity contribution in [2.24, 2.45) is 0 Å². The largest absolute Gasteiger partial charge is 0.480 e. The predicted molar refractivity (Wildman–Crippen MR) is 262 cm³/mol. The fourth-order valence-electron chi connectivity index (χ4n) is 6.65. The number of hydrogen-bond acceptors (Lipinski definition) is 12. The minimum atomic E-state index is -3.66. The Morgan fingerprint density at radius 2 is 0.985 bits per heavy atom. The van der Waals surface area contributed by atoms with E-state index in [0.717, 1.165) is 28.5 Å². The first-order chi connectivity index (χ1) is 34.9. The smallest absolute Gasteiger partial charge is 0.329 e. The molecule has 2 aromatic heterocycles. The van der Waals surface area contributed by atoms with Gasteiger partial charge >= 0.3 is 5.97 Å². The highest BCUT2D eigenvalue weighted by molar-refractivity contribution is 7.89. The summed E-state index contributed by atoms with van der Waals surface area (Å²) in [6.07, 6.45) is 5.70. The van der Waals surface area contributed by atoms with Crippen molar-refractivity contribution in [2.45, 2.75) is 65.3 Å². The molecule has 2 unspecified atom stereocenters. The molecule has 2 heterocycles. The van der Waals surface area contributed by atoms with Crippen LogP contribution in [0.25, 0.3) is 45.0 Å². The topological polar surface area (TPSA) is 177 Å². The summed E-state index contributed by atoms with van der Waals surface area (Å²) >= 11 is 0. The molecule has 348 valence electrons. The standard InChI is InChI=1S/C26H32N4O4S.C25H29N3O3/c1-20(2)30(16-10-11-17-34-19-24(31)29-35(3,32)33)23-18-27-25(21-12-6-4-7-13-21)26(28-23)22-14-8-5-9-15-22;1-19(2)28(15-9-10-16-31-18-23(29)30)22-17-26-24(20-11-5-3-6-12-20)25(27-22)21-13-7-4-8-14-21/h4-9,12-15,18,20H,10-11,16-17,19H2,1-3H3,(H,29,31);3-8,11-14,17,19H,9-10,15-16,18H2,1-2H3,(H,29,30)/i1D3,20D;1D3,19D. The second-order valence-corrected chi connectivity index (χ2v) is 16.7. The van der Waals surface area contributed by atoms with Crippen molar-refractivity contribution in [1.29, 1.82) is 0 Å². The molecule has 14 nitrogen and oxygen atoms in total. The highest BCUT2D eigenvalue weighted by Crippen LogP contribution is 2.32. The van der Waals surface area contributed by atoms with E-state index >= 15 is 0 Å². The van der Waals surface area contributed by atoms with E-state index in [1.807, 2.05) is 126 Å². The lowest BCUT2D eigenvalue weighted by Crippen LogP contribution is -2.33. The van der Waals surface area contributed by atoms with Crippen LogP contribution in [0.4, 0.5) is 11.6 Å². The highest BCUT2D eigenvalue weighted by Gasteiger charge is 2.19. The van der Waals surface area contributed by atoms with E-state index in [9.17, 15) is 18.0 Å². The number of sulfonamides is 1. The minimum absolute atomic E-state index is 0.140. The Bertz CT molecular complexity index is 2850. The van der Waals surface area contributed by atoms with Crippen LogP contribution in [0.3, 0.4) is 0 Å². The summed E-state index contributed by atoms with van der Waals surface area (Å²) in [5, 5.41) is 8.69.